The quantitative estimate of drug-likeness (QED) is 0.908. The van der Waals surface area contributed by atoms with Crippen molar-refractivity contribution in [3.8, 4) is 6.07 Å². The molecule has 1 N–H and O–H groups in total. The van der Waals surface area contributed by atoms with Crippen molar-refractivity contribution in [3.63, 3.8) is 0 Å². The van der Waals surface area contributed by atoms with Crippen molar-refractivity contribution in [1.82, 2.24) is 5.32 Å². The summed E-state index contributed by atoms with van der Waals surface area (Å²) in [5.74, 6) is 0. The number of nitriles is 1. The van der Waals surface area contributed by atoms with E-state index in [1.54, 1.807) is 11.3 Å². The lowest BCUT2D eigenvalue weighted by molar-refractivity contribution is 0.690. The highest BCUT2D eigenvalue weighted by Crippen LogP contribution is 2.14. The zero-order valence-corrected chi connectivity index (χ0v) is 11.5. The van der Waals surface area contributed by atoms with E-state index in [0.29, 0.717) is 0 Å². The normalized spacial score (nSPS) is 10.3. The van der Waals surface area contributed by atoms with Crippen LogP contribution < -0.4 is 5.32 Å². The first-order valence-corrected chi connectivity index (χ1v) is 6.87. The van der Waals surface area contributed by atoms with Crippen LogP contribution in [0.25, 0.3) is 0 Å². The lowest BCUT2D eigenvalue weighted by atomic mass is 10.1. The van der Waals surface area contributed by atoms with Crippen molar-refractivity contribution in [1.29, 1.82) is 5.26 Å². The first-order chi connectivity index (χ1) is 8.70. The average molecular weight is 256 g/mol. The lowest BCUT2D eigenvalue weighted by Crippen LogP contribution is -2.13. The van der Waals surface area contributed by atoms with Crippen LogP contribution in [-0.2, 0) is 13.1 Å². The minimum absolute atomic E-state index is 0.727. The molecular formula is C15H16N2S. The van der Waals surface area contributed by atoms with Gasteiger partial charge < -0.3 is 5.32 Å². The zero-order valence-electron chi connectivity index (χ0n) is 10.7. The second kappa shape index (κ2) is 5.81. The number of nitrogens with one attached hydrogen (secondary N) is 1. The van der Waals surface area contributed by atoms with Crippen molar-refractivity contribution in [3.05, 3.63) is 56.8 Å². The van der Waals surface area contributed by atoms with E-state index < -0.39 is 0 Å². The first kappa shape index (κ1) is 12.8. The average Bonchev–Trinajstić information content (AvgIpc) is 2.77. The monoisotopic (exact) mass is 256 g/mol. The second-order valence-electron chi connectivity index (χ2n) is 4.44. The van der Waals surface area contributed by atoms with E-state index in [1.165, 1.54) is 22.3 Å². The molecule has 0 atom stereocenters. The Morgan fingerprint density at radius 2 is 1.89 bits per heavy atom. The van der Waals surface area contributed by atoms with Gasteiger partial charge in [0.1, 0.15) is 0 Å². The van der Waals surface area contributed by atoms with Gasteiger partial charge in [0.15, 0.2) is 0 Å². The molecule has 2 nitrogen and oxygen atoms in total. The molecule has 1 heterocycles. The maximum atomic E-state index is 8.82. The van der Waals surface area contributed by atoms with Gasteiger partial charge in [-0.05, 0) is 59.0 Å². The predicted octanol–water partition coefficient (Wildman–Crippen LogP) is 3.53. The highest BCUT2D eigenvalue weighted by atomic mass is 32.1. The summed E-state index contributed by atoms with van der Waals surface area (Å²) in [6.45, 7) is 5.93. The summed E-state index contributed by atoms with van der Waals surface area (Å²) in [5, 5.41) is 16.6. The number of rotatable bonds is 4. The van der Waals surface area contributed by atoms with Crippen molar-refractivity contribution in [2.45, 2.75) is 26.9 Å². The van der Waals surface area contributed by atoms with Crippen molar-refractivity contribution in [2.24, 2.45) is 0 Å². The molecule has 0 saturated heterocycles. The summed E-state index contributed by atoms with van der Waals surface area (Å²) < 4.78 is 0. The summed E-state index contributed by atoms with van der Waals surface area (Å²) in [6.07, 6.45) is 0. The Labute approximate surface area is 112 Å². The van der Waals surface area contributed by atoms with Crippen LogP contribution in [0.2, 0.25) is 0 Å². The van der Waals surface area contributed by atoms with Crippen molar-refractivity contribution in [2.75, 3.05) is 0 Å². The Bertz CT molecular complexity index is 578. The van der Waals surface area contributed by atoms with Gasteiger partial charge in [0.2, 0.25) is 0 Å². The molecule has 18 heavy (non-hydrogen) atoms. The lowest BCUT2D eigenvalue weighted by Gasteiger charge is -2.08. The van der Waals surface area contributed by atoms with Crippen LogP contribution in [-0.4, -0.2) is 0 Å². The van der Waals surface area contributed by atoms with Crippen LogP contribution in [0.3, 0.4) is 0 Å². The van der Waals surface area contributed by atoms with Crippen molar-refractivity contribution >= 4 is 11.3 Å². The molecule has 0 bridgehead atoms. The van der Waals surface area contributed by atoms with E-state index in [9.17, 15) is 0 Å². The van der Waals surface area contributed by atoms with Gasteiger partial charge in [-0.15, -0.1) is 0 Å². The molecule has 0 amide bonds. The van der Waals surface area contributed by atoms with Gasteiger partial charge in [-0.2, -0.15) is 16.6 Å². The fourth-order valence-electron chi connectivity index (χ4n) is 1.86. The third-order valence-corrected chi connectivity index (χ3v) is 3.97. The summed E-state index contributed by atoms with van der Waals surface area (Å²) in [6, 6.07) is 8.00. The van der Waals surface area contributed by atoms with Crippen LogP contribution >= 0.6 is 11.3 Å². The summed E-state index contributed by atoms with van der Waals surface area (Å²) in [5.41, 5.74) is 5.87. The number of hydrogen-bond acceptors (Lipinski definition) is 3. The Balaban J connectivity index is 1.95. The molecule has 2 aromatic rings. The zero-order chi connectivity index (χ0) is 13.0. The standard InChI is InChI=1S/C15H16N2S/c1-11-5-13(6-16)3-4-14(11)7-17-8-15-10-18-9-12(15)2/h3-5,9-10,17H,7-8H2,1-2H3. The Morgan fingerprint density at radius 1 is 1.11 bits per heavy atom. The number of aryl methyl sites for hydroxylation is 2. The van der Waals surface area contributed by atoms with Gasteiger partial charge in [0.05, 0.1) is 11.6 Å². The Kier molecular flexibility index (Phi) is 4.14. The molecule has 3 heteroatoms. The minimum atomic E-state index is 0.727. The Hall–Kier alpha value is -1.63. The van der Waals surface area contributed by atoms with E-state index in [0.717, 1.165) is 18.7 Å². The van der Waals surface area contributed by atoms with Crippen LogP contribution in [0.15, 0.2) is 29.0 Å². The van der Waals surface area contributed by atoms with E-state index in [-0.39, 0.29) is 0 Å². The third kappa shape index (κ3) is 2.98. The minimum Gasteiger partial charge on any atom is -0.309 e. The molecule has 0 fully saturated rings. The molecule has 1 aromatic carbocycles. The fraction of sp³-hybridized carbons (Fsp3) is 0.267. The molecule has 0 unspecified atom stereocenters. The van der Waals surface area contributed by atoms with E-state index in [2.05, 4.69) is 29.1 Å². The molecule has 0 saturated carbocycles. The number of hydrogen-bond donors (Lipinski definition) is 1. The van der Waals surface area contributed by atoms with Crippen LogP contribution in [0.5, 0.6) is 0 Å². The van der Waals surface area contributed by atoms with Gasteiger partial charge in [-0.1, -0.05) is 6.07 Å². The smallest absolute Gasteiger partial charge is 0.0991 e. The molecule has 0 radical (unpaired) electrons. The topological polar surface area (TPSA) is 35.8 Å². The highest BCUT2D eigenvalue weighted by molar-refractivity contribution is 7.08. The largest absolute Gasteiger partial charge is 0.309 e. The molecule has 1 aromatic heterocycles. The van der Waals surface area contributed by atoms with Crippen molar-refractivity contribution < 1.29 is 0 Å². The van der Waals surface area contributed by atoms with Gasteiger partial charge in [0.25, 0.3) is 0 Å². The highest BCUT2D eigenvalue weighted by Gasteiger charge is 2.01. The molecule has 0 aliphatic carbocycles. The van der Waals surface area contributed by atoms with Gasteiger partial charge >= 0.3 is 0 Å². The third-order valence-electron chi connectivity index (χ3n) is 3.06. The van der Waals surface area contributed by atoms with Crippen LogP contribution in [0.1, 0.15) is 27.8 Å². The number of thiophene rings is 1. The van der Waals surface area contributed by atoms with E-state index in [4.69, 9.17) is 5.26 Å². The van der Waals surface area contributed by atoms with E-state index >= 15 is 0 Å². The fourth-order valence-corrected chi connectivity index (χ4v) is 2.72. The van der Waals surface area contributed by atoms with Crippen LogP contribution in [0.4, 0.5) is 0 Å². The maximum absolute atomic E-state index is 8.82. The Morgan fingerprint density at radius 3 is 2.50 bits per heavy atom. The van der Waals surface area contributed by atoms with Crippen LogP contribution in [0, 0.1) is 25.2 Å². The maximum Gasteiger partial charge on any atom is 0.0991 e. The molecule has 0 aliphatic heterocycles. The van der Waals surface area contributed by atoms with E-state index in [1.807, 2.05) is 25.1 Å². The van der Waals surface area contributed by atoms with Gasteiger partial charge in [-0.25, -0.2) is 0 Å². The summed E-state index contributed by atoms with van der Waals surface area (Å²) >= 11 is 1.74. The van der Waals surface area contributed by atoms with Gasteiger partial charge in [0, 0.05) is 13.1 Å². The first-order valence-electron chi connectivity index (χ1n) is 5.92. The van der Waals surface area contributed by atoms with Gasteiger partial charge in [-0.3, -0.25) is 0 Å². The molecule has 92 valence electrons. The second-order valence-corrected chi connectivity index (χ2v) is 5.18. The molecule has 0 aliphatic rings. The number of nitrogens with zero attached hydrogens (tertiary/aromatic N) is 1. The predicted molar refractivity (Wildman–Crippen MR) is 75.5 cm³/mol. The molecular weight excluding hydrogens is 240 g/mol. The number of benzene rings is 1. The summed E-state index contributed by atoms with van der Waals surface area (Å²) in [7, 11) is 0. The summed E-state index contributed by atoms with van der Waals surface area (Å²) in [4.78, 5) is 0. The molecule has 2 rings (SSSR count). The SMILES string of the molecule is Cc1cc(C#N)ccc1CNCc1cscc1C. The molecule has 0 spiro atoms.